The molecule has 7 aromatic rings. The quantitative estimate of drug-likeness (QED) is 0.213. The van der Waals surface area contributed by atoms with Gasteiger partial charge < -0.3 is 10.1 Å². The van der Waals surface area contributed by atoms with Crippen molar-refractivity contribution in [2.24, 2.45) is 0 Å². The van der Waals surface area contributed by atoms with E-state index in [1.165, 1.54) is 11.1 Å². The van der Waals surface area contributed by atoms with Crippen LogP contribution >= 0.6 is 0 Å². The van der Waals surface area contributed by atoms with Gasteiger partial charge in [-0.25, -0.2) is 9.97 Å². The van der Waals surface area contributed by atoms with Crippen LogP contribution < -0.4 is 4.98 Å². The first kappa shape index (κ1) is 24.1. The first-order valence-electron chi connectivity index (χ1n) is 12.3. The Morgan fingerprint density at radius 1 is 0.711 bits per heavy atom. The van der Waals surface area contributed by atoms with Gasteiger partial charge in [0.25, 0.3) is 0 Å². The Morgan fingerprint density at radius 2 is 1.45 bits per heavy atom. The first-order chi connectivity index (χ1) is 18.1. The third-order valence-electron chi connectivity index (χ3n) is 6.89. The maximum Gasteiger partial charge on any atom is 0.144 e. The summed E-state index contributed by atoms with van der Waals surface area (Å²) in [6, 6.07) is 30.4. The summed E-state index contributed by atoms with van der Waals surface area (Å²) in [6.07, 6.45) is 1.84. The van der Waals surface area contributed by atoms with E-state index >= 15 is 0 Å². The standard InChI is InChI=1S/C32H23N4O.Pt/c1-19-16-20(2)18-23(17-19)36-27-10-5-8-24(26-13-12-21-7-4-11-28(37)30(21)34-26)31(27)35-32(36)25-9-3-6-22-14-15-33-29(22)25;/h3-18H,1-2H3,(H-,33,34,35,37);/q-1;. The third-order valence-corrected chi connectivity index (χ3v) is 6.89. The van der Waals surface area contributed by atoms with Crippen molar-refractivity contribution in [2.45, 2.75) is 13.8 Å². The molecule has 7 rings (SSSR count). The van der Waals surface area contributed by atoms with Gasteiger partial charge in [-0.3, -0.25) is 4.57 Å². The Balaban J connectivity index is 0.00000264. The molecular formula is C32H23N4OPt-. The number of aryl methyl sites for hydroxylation is 2. The Bertz CT molecular complexity index is 1970. The third kappa shape index (κ3) is 3.82. The largest absolute Gasteiger partial charge is 0.663 e. The number of phenolic OH excluding ortho intramolecular Hbond substituents is 1. The SMILES string of the molecule is Cc1cc(C)cc(-n2c(-c3cccc4cc[n-]c34)nc3c(-c4ccc5cccc(O)c5n4)cccc32)c1.[Pt]. The number of pyridine rings is 1. The maximum absolute atomic E-state index is 10.4. The summed E-state index contributed by atoms with van der Waals surface area (Å²) < 4.78 is 2.22. The van der Waals surface area contributed by atoms with E-state index in [1.54, 1.807) is 6.07 Å². The molecule has 0 aliphatic carbocycles. The Hall–Kier alpha value is -4.21. The van der Waals surface area contributed by atoms with Crippen molar-refractivity contribution >= 4 is 32.8 Å². The van der Waals surface area contributed by atoms with Gasteiger partial charge >= 0.3 is 0 Å². The van der Waals surface area contributed by atoms with E-state index in [9.17, 15) is 5.11 Å². The molecule has 1 N–H and O–H groups in total. The number of phenols is 1. The predicted molar refractivity (Wildman–Crippen MR) is 149 cm³/mol. The number of hydrogen-bond donors (Lipinski definition) is 1. The van der Waals surface area contributed by atoms with Crippen LogP contribution in [-0.4, -0.2) is 19.6 Å². The summed E-state index contributed by atoms with van der Waals surface area (Å²) in [4.78, 5) is 14.8. The molecule has 0 unspecified atom stereocenters. The zero-order chi connectivity index (χ0) is 25.1. The maximum atomic E-state index is 10.4. The van der Waals surface area contributed by atoms with Crippen LogP contribution in [-0.2, 0) is 21.1 Å². The van der Waals surface area contributed by atoms with Gasteiger partial charge in [0, 0.05) is 43.3 Å². The second-order valence-corrected chi connectivity index (χ2v) is 9.52. The molecule has 0 saturated carbocycles. The second-order valence-electron chi connectivity index (χ2n) is 9.52. The van der Waals surface area contributed by atoms with Gasteiger partial charge in [0.05, 0.1) is 16.7 Å². The van der Waals surface area contributed by atoms with E-state index < -0.39 is 0 Å². The number of imidazole rings is 1. The molecule has 5 nitrogen and oxygen atoms in total. The number of benzene rings is 4. The molecule has 0 aliphatic rings. The molecular weight excluding hydrogens is 651 g/mol. The van der Waals surface area contributed by atoms with Gasteiger partial charge in [0.1, 0.15) is 17.1 Å². The van der Waals surface area contributed by atoms with Crippen molar-refractivity contribution in [3.63, 3.8) is 0 Å². The smallest absolute Gasteiger partial charge is 0.144 e. The molecule has 0 atom stereocenters. The van der Waals surface area contributed by atoms with Crippen molar-refractivity contribution in [1.29, 1.82) is 0 Å². The van der Waals surface area contributed by atoms with Crippen molar-refractivity contribution in [3.05, 3.63) is 108 Å². The van der Waals surface area contributed by atoms with Crippen LogP contribution in [0.15, 0.2) is 97.2 Å². The first-order valence-corrected chi connectivity index (χ1v) is 12.3. The Morgan fingerprint density at radius 3 is 2.29 bits per heavy atom. The normalized spacial score (nSPS) is 11.3. The summed E-state index contributed by atoms with van der Waals surface area (Å²) in [5.41, 5.74) is 9.44. The summed E-state index contributed by atoms with van der Waals surface area (Å²) in [5, 5.41) is 12.4. The predicted octanol–water partition coefficient (Wildman–Crippen LogP) is 7.34. The van der Waals surface area contributed by atoms with Gasteiger partial charge in [-0.2, -0.15) is 6.20 Å². The zero-order valence-electron chi connectivity index (χ0n) is 20.8. The fourth-order valence-corrected chi connectivity index (χ4v) is 5.32. The summed E-state index contributed by atoms with van der Waals surface area (Å²) >= 11 is 0. The minimum absolute atomic E-state index is 0. The van der Waals surface area contributed by atoms with Gasteiger partial charge in [0.2, 0.25) is 0 Å². The molecule has 188 valence electrons. The average molecular weight is 675 g/mol. The van der Waals surface area contributed by atoms with Crippen molar-refractivity contribution in [2.75, 3.05) is 0 Å². The number of fused-ring (bicyclic) bond motifs is 3. The van der Waals surface area contributed by atoms with Crippen molar-refractivity contribution < 1.29 is 26.2 Å². The van der Waals surface area contributed by atoms with Crippen LogP contribution in [0.25, 0.3) is 61.2 Å². The molecule has 4 aromatic carbocycles. The van der Waals surface area contributed by atoms with Crippen LogP contribution in [0.2, 0.25) is 0 Å². The van der Waals surface area contributed by atoms with E-state index in [2.05, 4.69) is 65.9 Å². The zero-order valence-corrected chi connectivity index (χ0v) is 23.1. The van der Waals surface area contributed by atoms with Crippen LogP contribution in [0, 0.1) is 13.8 Å². The van der Waals surface area contributed by atoms with E-state index in [0.29, 0.717) is 5.52 Å². The molecule has 0 spiro atoms. The molecule has 0 radical (unpaired) electrons. The van der Waals surface area contributed by atoms with Crippen molar-refractivity contribution in [1.82, 2.24) is 19.5 Å². The van der Waals surface area contributed by atoms with E-state index in [0.717, 1.165) is 55.7 Å². The number of para-hydroxylation sites is 3. The second kappa shape index (κ2) is 9.27. The van der Waals surface area contributed by atoms with Gasteiger partial charge in [-0.1, -0.05) is 60.7 Å². The summed E-state index contributed by atoms with van der Waals surface area (Å²) in [5.74, 6) is 1.00. The molecule has 3 aromatic heterocycles. The molecule has 0 saturated heterocycles. The van der Waals surface area contributed by atoms with Gasteiger partial charge in [-0.05, 0) is 60.7 Å². The Labute approximate surface area is 234 Å². The van der Waals surface area contributed by atoms with Crippen molar-refractivity contribution in [3.8, 4) is 34.1 Å². The van der Waals surface area contributed by atoms with Gasteiger partial charge in [0.15, 0.2) is 0 Å². The number of rotatable bonds is 3. The fraction of sp³-hybridized carbons (Fsp3) is 0.0625. The van der Waals surface area contributed by atoms with E-state index in [-0.39, 0.29) is 26.8 Å². The molecule has 0 amide bonds. The van der Waals surface area contributed by atoms with Crippen LogP contribution in [0.4, 0.5) is 0 Å². The minimum Gasteiger partial charge on any atom is -0.663 e. The monoisotopic (exact) mass is 674 g/mol. The number of hydrogen-bond acceptors (Lipinski definition) is 3. The molecule has 0 aliphatic heterocycles. The molecule has 0 bridgehead atoms. The summed E-state index contributed by atoms with van der Waals surface area (Å²) in [7, 11) is 0. The molecule has 3 heterocycles. The van der Waals surface area contributed by atoms with E-state index in [1.807, 2.05) is 48.7 Å². The molecule has 6 heteroatoms. The number of aromatic nitrogens is 4. The number of aromatic hydroxyl groups is 1. The van der Waals surface area contributed by atoms with Crippen LogP contribution in [0.1, 0.15) is 11.1 Å². The average Bonchev–Trinajstić information content (AvgIpc) is 3.53. The molecule has 0 fully saturated rings. The fourth-order valence-electron chi connectivity index (χ4n) is 5.32. The summed E-state index contributed by atoms with van der Waals surface area (Å²) in [6.45, 7) is 4.23. The topological polar surface area (TPSA) is 65.0 Å². The van der Waals surface area contributed by atoms with E-state index in [4.69, 9.17) is 9.97 Å². The Kier molecular flexibility index (Phi) is 5.89. The van der Waals surface area contributed by atoms with Gasteiger partial charge in [-0.15, -0.1) is 5.52 Å². The van der Waals surface area contributed by atoms with Crippen LogP contribution in [0.5, 0.6) is 5.75 Å². The minimum atomic E-state index is 0. The number of nitrogens with zero attached hydrogens (tertiary/aromatic N) is 4. The van der Waals surface area contributed by atoms with Crippen LogP contribution in [0.3, 0.4) is 0 Å². The molecule has 38 heavy (non-hydrogen) atoms.